The van der Waals surface area contributed by atoms with E-state index in [1.807, 2.05) is 6.92 Å². The quantitative estimate of drug-likeness (QED) is 0.615. The van der Waals surface area contributed by atoms with Crippen LogP contribution in [0.3, 0.4) is 0 Å². The molecule has 0 aromatic heterocycles. The highest BCUT2D eigenvalue weighted by atomic mass is 35.5. The minimum atomic E-state index is -1.00. The van der Waals surface area contributed by atoms with Gasteiger partial charge < -0.3 is 5.11 Å². The fourth-order valence-electron chi connectivity index (χ4n) is 1.07. The summed E-state index contributed by atoms with van der Waals surface area (Å²) in [6.07, 6.45) is 0. The van der Waals surface area contributed by atoms with Gasteiger partial charge >= 0.3 is 5.97 Å². The van der Waals surface area contributed by atoms with Crippen LogP contribution in [-0.2, 0) is 4.79 Å². The van der Waals surface area contributed by atoms with Crippen molar-refractivity contribution in [1.29, 1.82) is 0 Å². The van der Waals surface area contributed by atoms with E-state index in [-0.39, 0.29) is 11.0 Å². The largest absolute Gasteiger partial charge is 0.478 e. The molecule has 1 atom stereocenters. The van der Waals surface area contributed by atoms with Crippen LogP contribution in [0.4, 0.5) is 0 Å². The van der Waals surface area contributed by atoms with E-state index in [0.717, 1.165) is 5.56 Å². The Morgan fingerprint density at radius 1 is 1.43 bits per heavy atom. The van der Waals surface area contributed by atoms with Crippen LogP contribution >= 0.6 is 11.6 Å². The molecule has 1 rings (SSSR count). The predicted molar refractivity (Wildman–Crippen MR) is 57.4 cm³/mol. The normalized spacial score (nSPS) is 12.1. The standard InChI is InChI=1S/C11H11ClO2/c1-7(11(13)14)9-3-5-10(6-4-9)8(2)12/h3-6,8H,1H2,2H3,(H,13,14). The minimum Gasteiger partial charge on any atom is -0.478 e. The van der Waals surface area contributed by atoms with E-state index in [2.05, 4.69) is 6.58 Å². The van der Waals surface area contributed by atoms with E-state index in [1.165, 1.54) is 0 Å². The predicted octanol–water partition coefficient (Wildman–Crippen LogP) is 3.08. The number of alkyl halides is 1. The van der Waals surface area contributed by atoms with E-state index >= 15 is 0 Å². The Morgan fingerprint density at radius 2 is 1.93 bits per heavy atom. The molecule has 0 aliphatic rings. The van der Waals surface area contributed by atoms with Crippen molar-refractivity contribution in [1.82, 2.24) is 0 Å². The number of carboxylic acids is 1. The van der Waals surface area contributed by atoms with Gasteiger partial charge in [0.05, 0.1) is 11.0 Å². The molecular formula is C11H11ClO2. The second-order valence-electron chi connectivity index (χ2n) is 3.02. The zero-order valence-corrected chi connectivity index (χ0v) is 8.58. The molecule has 2 nitrogen and oxygen atoms in total. The number of rotatable bonds is 3. The molecule has 0 spiro atoms. The molecule has 0 aliphatic heterocycles. The third-order valence-corrected chi connectivity index (χ3v) is 2.23. The SMILES string of the molecule is C=C(C(=O)O)c1ccc(C(C)Cl)cc1. The van der Waals surface area contributed by atoms with E-state index in [4.69, 9.17) is 16.7 Å². The molecule has 3 heteroatoms. The first-order valence-corrected chi connectivity index (χ1v) is 4.62. The summed E-state index contributed by atoms with van der Waals surface area (Å²) in [6.45, 7) is 5.33. The maximum Gasteiger partial charge on any atom is 0.335 e. The van der Waals surface area contributed by atoms with Crippen molar-refractivity contribution < 1.29 is 9.90 Å². The highest BCUT2D eigenvalue weighted by Gasteiger charge is 2.07. The lowest BCUT2D eigenvalue weighted by atomic mass is 10.0. The summed E-state index contributed by atoms with van der Waals surface area (Å²) in [5, 5.41) is 8.62. The van der Waals surface area contributed by atoms with Gasteiger partial charge in [-0.3, -0.25) is 0 Å². The van der Waals surface area contributed by atoms with Crippen LogP contribution in [0.5, 0.6) is 0 Å². The summed E-state index contributed by atoms with van der Waals surface area (Å²) in [5.74, 6) is -1.00. The van der Waals surface area contributed by atoms with Gasteiger partial charge in [0.25, 0.3) is 0 Å². The van der Waals surface area contributed by atoms with Gasteiger partial charge in [0.2, 0.25) is 0 Å². The van der Waals surface area contributed by atoms with Gasteiger partial charge in [-0.05, 0) is 18.1 Å². The first kappa shape index (κ1) is 10.8. The fourth-order valence-corrected chi connectivity index (χ4v) is 1.22. The first-order chi connectivity index (χ1) is 6.52. The van der Waals surface area contributed by atoms with Crippen LogP contribution in [0, 0.1) is 0 Å². The van der Waals surface area contributed by atoms with Crippen LogP contribution in [0.25, 0.3) is 5.57 Å². The molecule has 1 unspecified atom stereocenters. The summed E-state index contributed by atoms with van der Waals surface area (Å²) >= 11 is 5.86. The Hall–Kier alpha value is -1.28. The van der Waals surface area contributed by atoms with E-state index in [0.29, 0.717) is 5.56 Å². The Labute approximate surface area is 87.8 Å². The monoisotopic (exact) mass is 210 g/mol. The molecule has 74 valence electrons. The van der Waals surface area contributed by atoms with Crippen molar-refractivity contribution in [3.63, 3.8) is 0 Å². The zero-order valence-electron chi connectivity index (χ0n) is 7.83. The minimum absolute atomic E-state index is 0.0675. The van der Waals surface area contributed by atoms with Crippen LogP contribution in [0.1, 0.15) is 23.4 Å². The molecule has 0 aliphatic carbocycles. The fraction of sp³-hybridized carbons (Fsp3) is 0.182. The molecule has 1 N–H and O–H groups in total. The molecule has 1 aromatic rings. The van der Waals surface area contributed by atoms with Gasteiger partial charge in [-0.15, -0.1) is 11.6 Å². The summed E-state index contributed by atoms with van der Waals surface area (Å²) in [4.78, 5) is 10.6. The number of hydrogen-bond acceptors (Lipinski definition) is 1. The molecule has 1 aromatic carbocycles. The Kier molecular flexibility index (Phi) is 3.31. The Balaban J connectivity index is 2.94. The van der Waals surface area contributed by atoms with Crippen LogP contribution in [-0.4, -0.2) is 11.1 Å². The number of carbonyl (C=O) groups is 1. The summed E-state index contributed by atoms with van der Waals surface area (Å²) in [5.41, 5.74) is 1.67. The highest BCUT2D eigenvalue weighted by molar-refractivity contribution is 6.20. The molecule has 0 heterocycles. The van der Waals surface area contributed by atoms with Crippen molar-refractivity contribution in [2.24, 2.45) is 0 Å². The number of aliphatic carboxylic acids is 1. The molecule has 0 saturated carbocycles. The van der Waals surface area contributed by atoms with E-state index in [9.17, 15) is 4.79 Å². The van der Waals surface area contributed by atoms with Crippen molar-refractivity contribution in [3.8, 4) is 0 Å². The molecule has 0 amide bonds. The summed E-state index contributed by atoms with van der Waals surface area (Å²) in [7, 11) is 0. The number of carboxylic acid groups (broad SMARTS) is 1. The van der Waals surface area contributed by atoms with Gasteiger partial charge in [-0.25, -0.2) is 4.79 Å². The molecule has 0 saturated heterocycles. The topological polar surface area (TPSA) is 37.3 Å². The lowest BCUT2D eigenvalue weighted by Gasteiger charge is -2.05. The van der Waals surface area contributed by atoms with Crippen LogP contribution in [0.2, 0.25) is 0 Å². The third-order valence-electron chi connectivity index (χ3n) is 1.98. The summed E-state index contributed by atoms with van der Waals surface area (Å²) in [6, 6.07) is 7.04. The first-order valence-electron chi connectivity index (χ1n) is 4.19. The number of halogens is 1. The second-order valence-corrected chi connectivity index (χ2v) is 3.68. The molecular weight excluding hydrogens is 200 g/mol. The lowest BCUT2D eigenvalue weighted by molar-refractivity contribution is -0.130. The average molecular weight is 211 g/mol. The van der Waals surface area contributed by atoms with E-state index in [1.54, 1.807) is 24.3 Å². The van der Waals surface area contributed by atoms with Crippen LogP contribution in [0.15, 0.2) is 30.8 Å². The second kappa shape index (κ2) is 4.29. The van der Waals surface area contributed by atoms with Gasteiger partial charge in [-0.2, -0.15) is 0 Å². The average Bonchev–Trinajstić information content (AvgIpc) is 2.16. The number of hydrogen-bond donors (Lipinski definition) is 1. The van der Waals surface area contributed by atoms with Crippen molar-refractivity contribution in [2.45, 2.75) is 12.3 Å². The van der Waals surface area contributed by atoms with Crippen LogP contribution < -0.4 is 0 Å². The van der Waals surface area contributed by atoms with Crippen molar-refractivity contribution in [3.05, 3.63) is 42.0 Å². The lowest BCUT2D eigenvalue weighted by Crippen LogP contribution is -1.98. The smallest absolute Gasteiger partial charge is 0.335 e. The number of benzene rings is 1. The van der Waals surface area contributed by atoms with Gasteiger partial charge in [0.15, 0.2) is 0 Å². The molecule has 14 heavy (non-hydrogen) atoms. The van der Waals surface area contributed by atoms with E-state index < -0.39 is 5.97 Å². The van der Waals surface area contributed by atoms with Crippen molar-refractivity contribution in [2.75, 3.05) is 0 Å². The molecule has 0 fully saturated rings. The van der Waals surface area contributed by atoms with Gasteiger partial charge in [-0.1, -0.05) is 30.8 Å². The van der Waals surface area contributed by atoms with Gasteiger partial charge in [0.1, 0.15) is 0 Å². The highest BCUT2D eigenvalue weighted by Crippen LogP contribution is 2.21. The summed E-state index contributed by atoms with van der Waals surface area (Å²) < 4.78 is 0. The zero-order chi connectivity index (χ0) is 10.7. The Morgan fingerprint density at radius 3 is 2.29 bits per heavy atom. The molecule has 0 radical (unpaired) electrons. The third kappa shape index (κ3) is 2.36. The van der Waals surface area contributed by atoms with Crippen molar-refractivity contribution >= 4 is 23.1 Å². The maximum atomic E-state index is 10.6. The maximum absolute atomic E-state index is 10.6. The molecule has 0 bridgehead atoms. The van der Waals surface area contributed by atoms with Gasteiger partial charge in [0, 0.05) is 0 Å². The Bertz CT molecular complexity index is 352.